The van der Waals surface area contributed by atoms with Crippen molar-refractivity contribution in [3.63, 3.8) is 0 Å². The Morgan fingerprint density at radius 1 is 1.15 bits per heavy atom. The molecule has 2 unspecified atom stereocenters. The Morgan fingerprint density at radius 2 is 1.85 bits per heavy atom. The van der Waals surface area contributed by atoms with E-state index < -0.39 is 18.3 Å². The van der Waals surface area contributed by atoms with Crippen LogP contribution in [-0.4, -0.2) is 29.8 Å². The zero-order chi connectivity index (χ0) is 19.3. The summed E-state index contributed by atoms with van der Waals surface area (Å²) < 4.78 is 55.1. The number of halogens is 4. The highest BCUT2D eigenvalue weighted by Crippen LogP contribution is 2.51. The van der Waals surface area contributed by atoms with Crippen LogP contribution in [0.15, 0.2) is 42.5 Å². The molecular formula is C21H19F4NO. The number of benzene rings is 2. The molecule has 4 rings (SSSR count). The van der Waals surface area contributed by atoms with Crippen LogP contribution in [0.25, 0.3) is 11.1 Å². The Bertz CT molecular complexity index is 896. The molecule has 1 amide bonds. The number of nitrogens with zero attached hydrogens (tertiary/aromatic N) is 1. The lowest BCUT2D eigenvalue weighted by Gasteiger charge is -2.22. The minimum Gasteiger partial charge on any atom is -0.339 e. The van der Waals surface area contributed by atoms with Crippen molar-refractivity contribution in [1.82, 2.24) is 4.90 Å². The van der Waals surface area contributed by atoms with Crippen LogP contribution in [0.2, 0.25) is 0 Å². The average molecular weight is 377 g/mol. The highest BCUT2D eigenvalue weighted by Gasteiger charge is 2.44. The highest BCUT2D eigenvalue weighted by molar-refractivity contribution is 5.83. The molecule has 1 aliphatic carbocycles. The van der Waals surface area contributed by atoms with Crippen LogP contribution in [0.1, 0.15) is 30.0 Å². The van der Waals surface area contributed by atoms with E-state index in [-0.39, 0.29) is 42.5 Å². The van der Waals surface area contributed by atoms with Gasteiger partial charge in [-0.3, -0.25) is 4.79 Å². The van der Waals surface area contributed by atoms with Gasteiger partial charge in [-0.05, 0) is 30.0 Å². The maximum absolute atomic E-state index is 14.6. The fourth-order valence-corrected chi connectivity index (χ4v) is 4.21. The third kappa shape index (κ3) is 2.91. The number of hydrogen-bond donors (Lipinski definition) is 0. The van der Waals surface area contributed by atoms with E-state index in [2.05, 4.69) is 0 Å². The van der Waals surface area contributed by atoms with Gasteiger partial charge in [0.15, 0.2) is 0 Å². The zero-order valence-corrected chi connectivity index (χ0v) is 14.8. The predicted octanol–water partition coefficient (Wildman–Crippen LogP) is 4.85. The van der Waals surface area contributed by atoms with E-state index in [4.69, 9.17) is 0 Å². The van der Waals surface area contributed by atoms with Crippen LogP contribution in [-0.2, 0) is 17.1 Å². The Balaban J connectivity index is 1.59. The van der Waals surface area contributed by atoms with Crippen LogP contribution < -0.4 is 0 Å². The van der Waals surface area contributed by atoms with Gasteiger partial charge in [-0.15, -0.1) is 0 Å². The Morgan fingerprint density at radius 3 is 2.56 bits per heavy atom. The lowest BCUT2D eigenvalue weighted by atomic mass is 10.0. The fraction of sp³-hybridized carbons (Fsp3) is 0.381. The monoisotopic (exact) mass is 377 g/mol. The third-order valence-electron chi connectivity index (χ3n) is 5.62. The molecule has 0 spiro atoms. The molecule has 27 heavy (non-hydrogen) atoms. The van der Waals surface area contributed by atoms with Crippen LogP contribution in [0, 0.1) is 5.92 Å². The summed E-state index contributed by atoms with van der Waals surface area (Å²) in [5.74, 6) is -4.10. The molecule has 0 bridgehead atoms. The van der Waals surface area contributed by atoms with E-state index in [1.165, 1.54) is 23.1 Å². The molecule has 1 heterocycles. The first-order valence-electron chi connectivity index (χ1n) is 8.97. The number of rotatable bonds is 3. The quantitative estimate of drug-likeness (QED) is 0.700. The summed E-state index contributed by atoms with van der Waals surface area (Å²) >= 11 is 0. The standard InChI is InChI=1S/C21H19F4NO/c1-12-8-14(20(22)23)11-26(12)19(27)10-13-6-7-18-16(9-13)15-4-2-3-5-17(15)21(18,24)25/h2-7,9,12,14,20H,8,10-11H2,1H3. The largest absolute Gasteiger partial charge is 0.339 e. The number of likely N-dealkylation sites (tertiary alicyclic amines) is 1. The summed E-state index contributed by atoms with van der Waals surface area (Å²) in [5, 5.41) is 0. The van der Waals surface area contributed by atoms with Gasteiger partial charge in [0, 0.05) is 29.6 Å². The number of carbonyl (C=O) groups is 1. The number of fused-ring (bicyclic) bond motifs is 3. The number of hydrogen-bond acceptors (Lipinski definition) is 1. The summed E-state index contributed by atoms with van der Waals surface area (Å²) in [6, 6.07) is 10.6. The van der Waals surface area contributed by atoms with Gasteiger partial charge in [0.25, 0.3) is 5.92 Å². The second-order valence-corrected chi connectivity index (χ2v) is 7.40. The van der Waals surface area contributed by atoms with Crippen LogP contribution >= 0.6 is 0 Å². The van der Waals surface area contributed by atoms with E-state index in [0.29, 0.717) is 16.7 Å². The summed E-state index contributed by atoms with van der Waals surface area (Å²) in [4.78, 5) is 14.1. The van der Waals surface area contributed by atoms with Crippen LogP contribution in [0.3, 0.4) is 0 Å². The van der Waals surface area contributed by atoms with Gasteiger partial charge in [-0.2, -0.15) is 8.78 Å². The molecule has 6 heteroatoms. The Labute approximate surface area is 154 Å². The van der Waals surface area contributed by atoms with Crippen LogP contribution in [0.4, 0.5) is 17.6 Å². The summed E-state index contributed by atoms with van der Waals surface area (Å²) in [7, 11) is 0. The van der Waals surface area contributed by atoms with Crippen molar-refractivity contribution in [2.24, 2.45) is 5.92 Å². The van der Waals surface area contributed by atoms with E-state index in [9.17, 15) is 22.4 Å². The molecule has 2 aliphatic rings. The second-order valence-electron chi connectivity index (χ2n) is 7.40. The normalized spacial score (nSPS) is 22.8. The predicted molar refractivity (Wildman–Crippen MR) is 93.9 cm³/mol. The average Bonchev–Trinajstić information content (AvgIpc) is 3.12. The third-order valence-corrected chi connectivity index (χ3v) is 5.62. The lowest BCUT2D eigenvalue weighted by molar-refractivity contribution is -0.131. The van der Waals surface area contributed by atoms with Crippen LogP contribution in [0.5, 0.6) is 0 Å². The summed E-state index contributed by atoms with van der Waals surface area (Å²) in [6.45, 7) is 1.81. The topological polar surface area (TPSA) is 20.3 Å². The smallest absolute Gasteiger partial charge is 0.299 e. The van der Waals surface area contributed by atoms with E-state index in [1.54, 1.807) is 31.2 Å². The molecule has 1 aliphatic heterocycles. The first-order valence-corrected chi connectivity index (χ1v) is 8.97. The van der Waals surface area contributed by atoms with Crippen molar-refractivity contribution in [3.05, 3.63) is 59.2 Å². The molecule has 0 N–H and O–H groups in total. The van der Waals surface area contributed by atoms with E-state index in [1.807, 2.05) is 0 Å². The zero-order valence-electron chi connectivity index (χ0n) is 14.8. The SMILES string of the molecule is CC1CC(C(F)F)CN1C(=O)Cc1ccc2c(c1)-c1ccccc1C2(F)F. The molecule has 0 aromatic heterocycles. The van der Waals surface area contributed by atoms with Crippen molar-refractivity contribution < 1.29 is 22.4 Å². The van der Waals surface area contributed by atoms with Gasteiger partial charge in [0.1, 0.15) is 0 Å². The summed E-state index contributed by atoms with van der Waals surface area (Å²) in [5.41, 5.74) is 1.42. The number of carbonyl (C=O) groups excluding carboxylic acids is 1. The minimum atomic E-state index is -3.05. The van der Waals surface area contributed by atoms with Gasteiger partial charge in [0.2, 0.25) is 12.3 Å². The van der Waals surface area contributed by atoms with Crippen molar-refractivity contribution in [2.45, 2.75) is 38.2 Å². The van der Waals surface area contributed by atoms with Crippen molar-refractivity contribution in [3.8, 4) is 11.1 Å². The first-order chi connectivity index (χ1) is 12.8. The van der Waals surface area contributed by atoms with Gasteiger partial charge < -0.3 is 4.90 Å². The van der Waals surface area contributed by atoms with Gasteiger partial charge in [0.05, 0.1) is 6.42 Å². The Hall–Kier alpha value is -2.37. The molecule has 2 aromatic carbocycles. The second kappa shape index (κ2) is 6.36. The minimum absolute atomic E-state index is 0.0152. The molecule has 0 radical (unpaired) electrons. The van der Waals surface area contributed by atoms with E-state index >= 15 is 0 Å². The molecule has 2 atom stereocenters. The molecule has 0 saturated carbocycles. The molecular weight excluding hydrogens is 358 g/mol. The van der Waals surface area contributed by atoms with Gasteiger partial charge >= 0.3 is 0 Å². The van der Waals surface area contributed by atoms with Gasteiger partial charge in [-0.1, -0.05) is 42.5 Å². The summed E-state index contributed by atoms with van der Waals surface area (Å²) in [6.07, 6.45) is -2.14. The molecule has 2 aromatic rings. The maximum Gasteiger partial charge on any atom is 0.299 e. The maximum atomic E-state index is 14.6. The van der Waals surface area contributed by atoms with E-state index in [0.717, 1.165) is 0 Å². The van der Waals surface area contributed by atoms with Crippen molar-refractivity contribution in [1.29, 1.82) is 0 Å². The van der Waals surface area contributed by atoms with Crippen molar-refractivity contribution in [2.75, 3.05) is 6.54 Å². The molecule has 1 saturated heterocycles. The lowest BCUT2D eigenvalue weighted by Crippen LogP contribution is -2.35. The fourth-order valence-electron chi connectivity index (χ4n) is 4.21. The number of alkyl halides is 4. The Kier molecular flexibility index (Phi) is 4.24. The number of amides is 1. The molecule has 142 valence electrons. The molecule has 1 fully saturated rings. The highest BCUT2D eigenvalue weighted by atomic mass is 19.3. The first kappa shape index (κ1) is 18.0. The van der Waals surface area contributed by atoms with Crippen molar-refractivity contribution >= 4 is 5.91 Å². The van der Waals surface area contributed by atoms with Gasteiger partial charge in [-0.25, -0.2) is 8.78 Å². The molecule has 2 nitrogen and oxygen atoms in total.